The zero-order valence-electron chi connectivity index (χ0n) is 13.5. The number of fused-ring (bicyclic) bond motifs is 2. The molecule has 1 aromatic carbocycles. The van der Waals surface area contributed by atoms with Gasteiger partial charge in [0.1, 0.15) is 4.70 Å². The molecular weight excluding hydrogens is 336 g/mol. The smallest absolute Gasteiger partial charge is 0.204 e. The number of thiophene rings is 1. The van der Waals surface area contributed by atoms with E-state index in [1.54, 1.807) is 6.07 Å². The second-order valence-electron chi connectivity index (χ2n) is 6.14. The number of rotatable bonds is 2. The van der Waals surface area contributed by atoms with E-state index in [9.17, 15) is 4.79 Å². The molecule has 4 heterocycles. The van der Waals surface area contributed by atoms with Crippen molar-refractivity contribution in [2.24, 2.45) is 0 Å². The molecule has 0 saturated carbocycles. The van der Waals surface area contributed by atoms with Gasteiger partial charge in [0.05, 0.1) is 13.2 Å². The third-order valence-electron chi connectivity index (χ3n) is 4.62. The molecule has 6 heteroatoms. The summed E-state index contributed by atoms with van der Waals surface area (Å²) < 4.78 is 12.2. The van der Waals surface area contributed by atoms with Gasteiger partial charge in [-0.2, -0.15) is 0 Å². The highest BCUT2D eigenvalue weighted by Crippen LogP contribution is 2.35. The van der Waals surface area contributed by atoms with Crippen LogP contribution in [0.4, 0.5) is 5.88 Å². The summed E-state index contributed by atoms with van der Waals surface area (Å²) in [5, 5.41) is 3.17. The molecule has 0 radical (unpaired) electrons. The molecule has 0 unspecified atom stereocenters. The van der Waals surface area contributed by atoms with Crippen molar-refractivity contribution in [3.05, 3.63) is 52.1 Å². The first-order valence-corrected chi connectivity index (χ1v) is 9.13. The Hall–Kier alpha value is -2.57. The number of nitrogens with one attached hydrogen (secondary N) is 1. The van der Waals surface area contributed by atoms with Gasteiger partial charge in [0.15, 0.2) is 11.5 Å². The molecule has 126 valence electrons. The first-order valence-electron chi connectivity index (χ1n) is 8.25. The summed E-state index contributed by atoms with van der Waals surface area (Å²) >= 11 is 1.44. The average Bonchev–Trinajstić information content (AvgIpc) is 3.28. The van der Waals surface area contributed by atoms with Gasteiger partial charge in [-0.3, -0.25) is 4.79 Å². The highest BCUT2D eigenvalue weighted by atomic mass is 32.1. The van der Waals surface area contributed by atoms with Gasteiger partial charge < -0.3 is 19.0 Å². The van der Waals surface area contributed by atoms with Crippen LogP contribution in [0, 0.1) is 0 Å². The van der Waals surface area contributed by atoms with Crippen molar-refractivity contribution in [2.45, 2.75) is 0 Å². The topological polar surface area (TPSA) is 58.5 Å². The van der Waals surface area contributed by atoms with Gasteiger partial charge in [0, 0.05) is 41.8 Å². The lowest BCUT2D eigenvalue weighted by Gasteiger charge is -2.27. The lowest BCUT2D eigenvalue weighted by Crippen LogP contribution is -2.36. The summed E-state index contributed by atoms with van der Waals surface area (Å²) in [4.78, 5) is 17.8. The van der Waals surface area contributed by atoms with Crippen LogP contribution in [0.3, 0.4) is 0 Å². The first-order chi connectivity index (χ1) is 12.3. The fourth-order valence-corrected chi connectivity index (χ4v) is 4.20. The van der Waals surface area contributed by atoms with Crippen molar-refractivity contribution in [3.63, 3.8) is 0 Å². The molecule has 0 bridgehead atoms. The number of aromatic amines is 1. The maximum absolute atomic E-state index is 12.5. The molecule has 0 atom stereocenters. The van der Waals surface area contributed by atoms with Crippen LogP contribution in [-0.4, -0.2) is 31.3 Å². The number of nitrogens with zero attached hydrogens (tertiary/aromatic N) is 1. The molecule has 1 saturated heterocycles. The van der Waals surface area contributed by atoms with E-state index < -0.39 is 0 Å². The SMILES string of the molecule is O=c1cc(N2CCOCC2)oc2c(-c3ccc4cc[nH]c4c3)csc12. The zero-order valence-corrected chi connectivity index (χ0v) is 14.3. The fourth-order valence-electron chi connectivity index (χ4n) is 3.28. The molecule has 0 amide bonds. The number of ether oxygens (including phenoxy) is 1. The summed E-state index contributed by atoms with van der Waals surface area (Å²) in [7, 11) is 0. The highest BCUT2D eigenvalue weighted by molar-refractivity contribution is 7.17. The van der Waals surface area contributed by atoms with E-state index in [-0.39, 0.29) is 5.43 Å². The summed E-state index contributed by atoms with van der Waals surface area (Å²) in [5.74, 6) is 0.626. The maximum atomic E-state index is 12.5. The van der Waals surface area contributed by atoms with E-state index in [1.807, 2.05) is 17.6 Å². The van der Waals surface area contributed by atoms with Gasteiger partial charge in [-0.25, -0.2) is 0 Å². The van der Waals surface area contributed by atoms with Crippen molar-refractivity contribution in [2.75, 3.05) is 31.2 Å². The Morgan fingerprint density at radius 2 is 2.00 bits per heavy atom. The normalized spacial score (nSPS) is 15.3. The molecule has 0 aliphatic carbocycles. The van der Waals surface area contributed by atoms with Crippen LogP contribution in [0.5, 0.6) is 0 Å². The van der Waals surface area contributed by atoms with Gasteiger partial charge in [-0.15, -0.1) is 11.3 Å². The number of hydrogen-bond acceptors (Lipinski definition) is 5. The summed E-state index contributed by atoms with van der Waals surface area (Å²) in [5.41, 5.74) is 3.76. The third-order valence-corrected chi connectivity index (χ3v) is 5.60. The molecule has 1 aliphatic heterocycles. The van der Waals surface area contributed by atoms with Crippen LogP contribution in [0.15, 0.2) is 51.1 Å². The predicted molar refractivity (Wildman–Crippen MR) is 101 cm³/mol. The minimum Gasteiger partial charge on any atom is -0.439 e. The van der Waals surface area contributed by atoms with Crippen molar-refractivity contribution in [1.82, 2.24) is 4.98 Å². The number of H-pyrrole nitrogens is 1. The van der Waals surface area contributed by atoms with Crippen LogP contribution in [0.1, 0.15) is 0 Å². The Morgan fingerprint density at radius 1 is 1.12 bits per heavy atom. The lowest BCUT2D eigenvalue weighted by molar-refractivity contribution is 0.121. The Balaban J connectivity index is 1.67. The van der Waals surface area contributed by atoms with E-state index >= 15 is 0 Å². The molecule has 25 heavy (non-hydrogen) atoms. The largest absolute Gasteiger partial charge is 0.439 e. The predicted octanol–water partition coefficient (Wildman–Crippen LogP) is 3.84. The van der Waals surface area contributed by atoms with E-state index in [4.69, 9.17) is 9.15 Å². The van der Waals surface area contributed by atoms with E-state index in [0.717, 1.165) is 29.7 Å². The number of hydrogen-bond donors (Lipinski definition) is 1. The first kappa shape index (κ1) is 14.7. The second-order valence-corrected chi connectivity index (χ2v) is 7.02. The quantitative estimate of drug-likeness (QED) is 0.595. The van der Waals surface area contributed by atoms with Crippen molar-refractivity contribution >= 4 is 38.4 Å². The van der Waals surface area contributed by atoms with Crippen LogP contribution < -0.4 is 10.3 Å². The molecule has 4 aromatic rings. The molecule has 5 rings (SSSR count). The van der Waals surface area contributed by atoms with Crippen LogP contribution >= 0.6 is 11.3 Å². The Bertz CT molecular complexity index is 1120. The second kappa shape index (κ2) is 5.75. The molecule has 1 N–H and O–H groups in total. The van der Waals surface area contributed by atoms with Gasteiger partial charge in [0.25, 0.3) is 0 Å². The molecule has 5 nitrogen and oxygen atoms in total. The highest BCUT2D eigenvalue weighted by Gasteiger charge is 2.18. The average molecular weight is 352 g/mol. The van der Waals surface area contributed by atoms with Crippen LogP contribution in [0.25, 0.3) is 32.3 Å². The van der Waals surface area contributed by atoms with Gasteiger partial charge in [0.2, 0.25) is 5.43 Å². The fraction of sp³-hybridized carbons (Fsp3) is 0.211. The van der Waals surface area contributed by atoms with Crippen molar-refractivity contribution in [3.8, 4) is 11.1 Å². The summed E-state index contributed by atoms with van der Waals surface area (Å²) in [6.07, 6.45) is 1.93. The molecule has 1 fully saturated rings. The van der Waals surface area contributed by atoms with E-state index in [1.165, 1.54) is 16.7 Å². The number of morpholine rings is 1. The molecule has 3 aromatic heterocycles. The van der Waals surface area contributed by atoms with Crippen molar-refractivity contribution < 1.29 is 9.15 Å². The number of aromatic nitrogens is 1. The third kappa shape index (κ3) is 2.45. The number of benzene rings is 1. The zero-order chi connectivity index (χ0) is 16.8. The van der Waals surface area contributed by atoms with E-state index in [0.29, 0.717) is 29.4 Å². The Morgan fingerprint density at radius 3 is 2.88 bits per heavy atom. The van der Waals surface area contributed by atoms with E-state index in [2.05, 4.69) is 28.1 Å². The summed E-state index contributed by atoms with van der Waals surface area (Å²) in [6.45, 7) is 2.79. The molecule has 1 aliphatic rings. The van der Waals surface area contributed by atoms with Crippen molar-refractivity contribution in [1.29, 1.82) is 0 Å². The molecule has 0 spiro atoms. The minimum atomic E-state index is 0.0138. The number of anilines is 1. The maximum Gasteiger partial charge on any atom is 0.204 e. The van der Waals surface area contributed by atoms with Crippen LogP contribution in [0.2, 0.25) is 0 Å². The van der Waals surface area contributed by atoms with Crippen LogP contribution in [-0.2, 0) is 4.74 Å². The standard InChI is InChI=1S/C19H16N2O3S/c22-16-10-17(21-5-7-23-8-6-21)24-18-14(11-25-19(16)18)13-2-1-12-3-4-20-15(12)9-13/h1-4,9-11,20H,5-8H2. The lowest BCUT2D eigenvalue weighted by atomic mass is 10.1. The van der Waals surface area contributed by atoms with Gasteiger partial charge >= 0.3 is 0 Å². The molecular formula is C19H16N2O3S. The summed E-state index contributed by atoms with van der Waals surface area (Å²) in [6, 6.07) is 9.88. The monoisotopic (exact) mass is 352 g/mol. The Labute approximate surface area is 147 Å². The van der Waals surface area contributed by atoms with Gasteiger partial charge in [-0.1, -0.05) is 12.1 Å². The Kier molecular flexibility index (Phi) is 3.39. The van der Waals surface area contributed by atoms with Gasteiger partial charge in [-0.05, 0) is 23.1 Å². The minimum absolute atomic E-state index is 0.0138.